The van der Waals surface area contributed by atoms with E-state index in [9.17, 15) is 9.18 Å². The van der Waals surface area contributed by atoms with Gasteiger partial charge < -0.3 is 9.84 Å². The van der Waals surface area contributed by atoms with Gasteiger partial charge in [0.15, 0.2) is 0 Å². The Bertz CT molecular complexity index is 450. The van der Waals surface area contributed by atoms with Crippen LogP contribution in [0.25, 0.3) is 0 Å². The van der Waals surface area contributed by atoms with Crippen LogP contribution in [0.1, 0.15) is 22.8 Å². The maximum absolute atomic E-state index is 13.3. The maximum Gasteiger partial charge on any atom is 0.335 e. The number of nitrogens with zero attached hydrogens (tertiary/aromatic N) is 1. The Morgan fingerprint density at radius 2 is 2.33 bits per heavy atom. The highest BCUT2D eigenvalue weighted by atomic mass is 19.1. The van der Waals surface area contributed by atoms with Crippen molar-refractivity contribution in [3.8, 4) is 0 Å². The topological polar surface area (TPSA) is 49.8 Å². The molecule has 4 nitrogen and oxygen atoms in total. The molecule has 1 atom stereocenters. The summed E-state index contributed by atoms with van der Waals surface area (Å²) in [5.41, 5.74) is 0.674. The molecule has 1 N–H and O–H groups in total. The second kappa shape index (κ2) is 5.46. The number of aromatic carboxylic acids is 1. The minimum atomic E-state index is -1.11. The second-order valence-corrected chi connectivity index (χ2v) is 4.57. The van der Waals surface area contributed by atoms with Gasteiger partial charge in [0.05, 0.1) is 18.3 Å². The zero-order valence-electron chi connectivity index (χ0n) is 10.2. The van der Waals surface area contributed by atoms with E-state index >= 15 is 0 Å². The third-order valence-electron chi connectivity index (χ3n) is 2.94. The molecule has 0 saturated carbocycles. The summed E-state index contributed by atoms with van der Waals surface area (Å²) in [7, 11) is 0. The molecule has 1 aromatic rings. The minimum absolute atomic E-state index is 0.00805. The molecule has 1 fully saturated rings. The molecule has 1 aliphatic rings. The van der Waals surface area contributed by atoms with Crippen LogP contribution in [-0.4, -0.2) is 41.8 Å². The average molecular weight is 253 g/mol. The van der Waals surface area contributed by atoms with Crippen molar-refractivity contribution in [2.24, 2.45) is 0 Å². The third-order valence-corrected chi connectivity index (χ3v) is 2.94. The fourth-order valence-electron chi connectivity index (χ4n) is 2.16. The monoisotopic (exact) mass is 253 g/mol. The summed E-state index contributed by atoms with van der Waals surface area (Å²) < 4.78 is 18.7. The van der Waals surface area contributed by atoms with E-state index in [-0.39, 0.29) is 11.7 Å². The molecule has 5 heteroatoms. The highest BCUT2D eigenvalue weighted by Gasteiger charge is 2.17. The Morgan fingerprint density at radius 3 is 3.00 bits per heavy atom. The molecule has 1 saturated heterocycles. The van der Waals surface area contributed by atoms with Crippen LogP contribution in [0.5, 0.6) is 0 Å². The minimum Gasteiger partial charge on any atom is -0.478 e. The van der Waals surface area contributed by atoms with Crippen molar-refractivity contribution < 1.29 is 19.0 Å². The van der Waals surface area contributed by atoms with Gasteiger partial charge in [0.2, 0.25) is 0 Å². The fraction of sp³-hybridized carbons (Fsp3) is 0.462. The Kier molecular flexibility index (Phi) is 3.93. The number of halogens is 1. The van der Waals surface area contributed by atoms with Gasteiger partial charge in [-0.25, -0.2) is 9.18 Å². The lowest BCUT2D eigenvalue weighted by Gasteiger charge is -2.31. The fourth-order valence-corrected chi connectivity index (χ4v) is 2.16. The first-order valence-corrected chi connectivity index (χ1v) is 5.91. The first-order chi connectivity index (χ1) is 8.54. The van der Waals surface area contributed by atoms with Crippen LogP contribution < -0.4 is 0 Å². The number of carboxylic acids is 1. The van der Waals surface area contributed by atoms with Gasteiger partial charge in [0.25, 0.3) is 0 Å². The molecule has 1 aromatic carbocycles. The number of ether oxygens (including phenoxy) is 1. The molecule has 1 heterocycles. The molecule has 0 radical (unpaired) electrons. The molecular weight excluding hydrogens is 237 g/mol. The van der Waals surface area contributed by atoms with E-state index in [4.69, 9.17) is 9.84 Å². The van der Waals surface area contributed by atoms with Crippen LogP contribution in [-0.2, 0) is 11.3 Å². The zero-order valence-corrected chi connectivity index (χ0v) is 10.2. The lowest BCUT2D eigenvalue weighted by molar-refractivity contribution is -0.0212. The highest BCUT2D eigenvalue weighted by molar-refractivity contribution is 5.87. The Balaban J connectivity index is 2.10. The number of hydrogen-bond acceptors (Lipinski definition) is 3. The molecule has 1 aliphatic heterocycles. The van der Waals surface area contributed by atoms with Crippen LogP contribution in [0.15, 0.2) is 18.2 Å². The van der Waals surface area contributed by atoms with E-state index in [1.165, 1.54) is 12.1 Å². The molecule has 0 aliphatic carbocycles. The van der Waals surface area contributed by atoms with E-state index in [2.05, 4.69) is 4.90 Å². The first kappa shape index (κ1) is 13.0. The Hall–Kier alpha value is -1.46. The van der Waals surface area contributed by atoms with Crippen molar-refractivity contribution >= 4 is 5.97 Å². The number of rotatable bonds is 3. The molecule has 1 unspecified atom stereocenters. The van der Waals surface area contributed by atoms with Crippen LogP contribution >= 0.6 is 0 Å². The summed E-state index contributed by atoms with van der Waals surface area (Å²) in [6.07, 6.45) is 0.159. The lowest BCUT2D eigenvalue weighted by atomic mass is 10.1. The van der Waals surface area contributed by atoms with E-state index < -0.39 is 11.8 Å². The van der Waals surface area contributed by atoms with Crippen LogP contribution in [0.3, 0.4) is 0 Å². The first-order valence-electron chi connectivity index (χ1n) is 5.91. The van der Waals surface area contributed by atoms with Crippen LogP contribution in [0.4, 0.5) is 4.39 Å². The van der Waals surface area contributed by atoms with Crippen molar-refractivity contribution in [1.29, 1.82) is 0 Å². The van der Waals surface area contributed by atoms with Gasteiger partial charge in [0, 0.05) is 19.6 Å². The molecule has 18 heavy (non-hydrogen) atoms. The molecule has 0 aromatic heterocycles. The van der Waals surface area contributed by atoms with E-state index in [1.54, 1.807) is 0 Å². The van der Waals surface area contributed by atoms with Crippen molar-refractivity contribution in [1.82, 2.24) is 4.90 Å². The van der Waals surface area contributed by atoms with E-state index in [0.717, 1.165) is 19.2 Å². The van der Waals surface area contributed by atoms with Gasteiger partial charge in [-0.2, -0.15) is 0 Å². The summed E-state index contributed by atoms with van der Waals surface area (Å²) >= 11 is 0. The van der Waals surface area contributed by atoms with E-state index in [0.29, 0.717) is 18.7 Å². The predicted molar refractivity (Wildman–Crippen MR) is 64.1 cm³/mol. The highest BCUT2D eigenvalue weighted by Crippen LogP contribution is 2.14. The lowest BCUT2D eigenvalue weighted by Crippen LogP contribution is -2.40. The van der Waals surface area contributed by atoms with Gasteiger partial charge in [-0.1, -0.05) is 0 Å². The average Bonchev–Trinajstić information content (AvgIpc) is 2.28. The van der Waals surface area contributed by atoms with Gasteiger partial charge in [-0.3, -0.25) is 4.90 Å². The number of benzene rings is 1. The standard InChI is InChI=1S/C13H16FNO3/c1-9-7-15(2-3-18-9)8-10-4-11(13(16)17)6-12(14)5-10/h4-6,9H,2-3,7-8H2,1H3,(H,16,17). The molecule has 2 rings (SSSR count). The summed E-state index contributed by atoms with van der Waals surface area (Å²) in [4.78, 5) is 13.0. The largest absolute Gasteiger partial charge is 0.478 e. The summed E-state index contributed by atoms with van der Waals surface area (Å²) in [6, 6.07) is 3.94. The number of hydrogen-bond donors (Lipinski definition) is 1. The second-order valence-electron chi connectivity index (χ2n) is 4.57. The normalized spacial score (nSPS) is 20.9. The van der Waals surface area contributed by atoms with Crippen LogP contribution in [0, 0.1) is 5.82 Å². The van der Waals surface area contributed by atoms with Gasteiger partial charge in [0.1, 0.15) is 5.82 Å². The smallest absolute Gasteiger partial charge is 0.335 e. The molecular formula is C13H16FNO3. The quantitative estimate of drug-likeness (QED) is 0.891. The summed E-state index contributed by atoms with van der Waals surface area (Å²) in [5.74, 6) is -1.61. The maximum atomic E-state index is 13.3. The Morgan fingerprint density at radius 1 is 1.56 bits per heavy atom. The third kappa shape index (κ3) is 3.27. The summed E-state index contributed by atoms with van der Waals surface area (Å²) in [5, 5.41) is 8.88. The van der Waals surface area contributed by atoms with Gasteiger partial charge in [-0.05, 0) is 30.7 Å². The zero-order chi connectivity index (χ0) is 13.1. The van der Waals surface area contributed by atoms with Gasteiger partial charge >= 0.3 is 5.97 Å². The summed E-state index contributed by atoms with van der Waals surface area (Å²) in [6.45, 7) is 4.75. The van der Waals surface area contributed by atoms with Crippen molar-refractivity contribution in [3.63, 3.8) is 0 Å². The van der Waals surface area contributed by atoms with E-state index in [1.807, 2.05) is 6.92 Å². The Labute approximate surface area is 105 Å². The predicted octanol–water partition coefficient (Wildman–Crippen LogP) is 1.74. The molecule has 0 amide bonds. The molecule has 0 bridgehead atoms. The SMILES string of the molecule is CC1CN(Cc2cc(F)cc(C(=O)O)c2)CCO1. The molecule has 0 spiro atoms. The number of carbonyl (C=O) groups is 1. The van der Waals surface area contributed by atoms with Crippen LogP contribution in [0.2, 0.25) is 0 Å². The number of carboxylic acid groups (broad SMARTS) is 1. The van der Waals surface area contributed by atoms with Crippen molar-refractivity contribution in [2.75, 3.05) is 19.7 Å². The molecule has 98 valence electrons. The van der Waals surface area contributed by atoms with Gasteiger partial charge in [-0.15, -0.1) is 0 Å². The van der Waals surface area contributed by atoms with Crippen molar-refractivity contribution in [2.45, 2.75) is 19.6 Å². The van der Waals surface area contributed by atoms with Crippen molar-refractivity contribution in [3.05, 3.63) is 35.1 Å². The number of morpholine rings is 1.